The van der Waals surface area contributed by atoms with Crippen LogP contribution in [0.4, 0.5) is 0 Å². The molecule has 15 heavy (non-hydrogen) atoms. The van der Waals surface area contributed by atoms with E-state index in [2.05, 4.69) is 31.5 Å². The lowest BCUT2D eigenvalue weighted by atomic mass is 10.0. The molecule has 1 aliphatic rings. The molecule has 90 valence electrons. The van der Waals surface area contributed by atoms with Gasteiger partial charge in [-0.15, -0.1) is 0 Å². The summed E-state index contributed by atoms with van der Waals surface area (Å²) in [6, 6.07) is 4.91. The van der Waals surface area contributed by atoms with Gasteiger partial charge < -0.3 is 4.57 Å². The van der Waals surface area contributed by atoms with Crippen LogP contribution in [-0.2, 0) is 0 Å². The van der Waals surface area contributed by atoms with Gasteiger partial charge in [-0.2, -0.15) is 0 Å². The Hall–Kier alpha value is 0.394. The topological polar surface area (TPSA) is 3.24 Å². The molecule has 3 unspecified atom stereocenters. The highest BCUT2D eigenvalue weighted by Crippen LogP contribution is 2.25. The second kappa shape index (κ2) is 6.87. The number of hydrogen-bond donors (Lipinski definition) is 0. The van der Waals surface area contributed by atoms with Crippen LogP contribution in [0.15, 0.2) is 0 Å². The van der Waals surface area contributed by atoms with Crippen molar-refractivity contribution in [3.05, 3.63) is 0 Å². The van der Waals surface area contributed by atoms with Crippen molar-refractivity contribution in [2.75, 3.05) is 0 Å². The summed E-state index contributed by atoms with van der Waals surface area (Å²) >= 11 is 0. The smallest absolute Gasteiger partial charge is 0.109 e. The first kappa shape index (κ1) is 13.5. The Kier molecular flexibility index (Phi) is 6.16. The zero-order valence-corrected chi connectivity index (χ0v) is 13.7. The van der Waals surface area contributed by atoms with Crippen molar-refractivity contribution in [2.45, 2.75) is 76.8 Å². The summed E-state index contributed by atoms with van der Waals surface area (Å²) in [5.74, 6) is 0. The van der Waals surface area contributed by atoms with Crippen LogP contribution in [0.2, 0.25) is 25.2 Å². The molecule has 3 heteroatoms. The molecule has 1 fully saturated rings. The largest absolute Gasteiger partial charge is 0.321 e. The van der Waals surface area contributed by atoms with Gasteiger partial charge in [-0.1, -0.05) is 45.8 Å². The zero-order valence-electron chi connectivity index (χ0n) is 11.1. The summed E-state index contributed by atoms with van der Waals surface area (Å²) in [4.78, 5) is 0. The molecule has 3 atom stereocenters. The lowest BCUT2D eigenvalue weighted by Crippen LogP contribution is -2.51. The predicted octanol–water partition coefficient (Wildman–Crippen LogP) is 2.63. The van der Waals surface area contributed by atoms with Gasteiger partial charge in [0.15, 0.2) is 0 Å². The van der Waals surface area contributed by atoms with Gasteiger partial charge >= 0.3 is 0 Å². The predicted molar refractivity (Wildman–Crippen MR) is 76.3 cm³/mol. The summed E-state index contributed by atoms with van der Waals surface area (Å²) in [7, 11) is -0.255. The highest BCUT2D eigenvalue weighted by atomic mass is 28.3. The first-order valence-corrected chi connectivity index (χ1v) is 11.8. The maximum absolute atomic E-state index is 2.92. The fourth-order valence-electron chi connectivity index (χ4n) is 3.15. The maximum Gasteiger partial charge on any atom is 0.109 e. The summed E-state index contributed by atoms with van der Waals surface area (Å²) in [5, 5.41) is 0. The minimum atomic E-state index is -0.575. The molecule has 0 aliphatic carbocycles. The second-order valence-corrected chi connectivity index (χ2v) is 10.00. The van der Waals surface area contributed by atoms with Crippen molar-refractivity contribution in [3.63, 3.8) is 0 Å². The second-order valence-electron chi connectivity index (χ2n) is 5.42. The molecule has 1 rings (SSSR count). The lowest BCUT2D eigenvalue weighted by molar-refractivity contribution is 0.200. The van der Waals surface area contributed by atoms with E-state index in [0.717, 1.165) is 12.1 Å². The molecule has 0 amide bonds. The first-order valence-electron chi connectivity index (χ1n) is 6.94. The van der Waals surface area contributed by atoms with Crippen LogP contribution in [0.25, 0.3) is 0 Å². The molecule has 0 N–H and O–H groups in total. The third-order valence-corrected chi connectivity index (χ3v) is 8.48. The number of nitrogens with zero attached hydrogens (tertiary/aromatic N) is 1. The number of piperidine rings is 1. The highest BCUT2D eigenvalue weighted by Gasteiger charge is 2.28. The van der Waals surface area contributed by atoms with E-state index in [1.807, 2.05) is 0 Å². The average molecular weight is 244 g/mol. The van der Waals surface area contributed by atoms with Gasteiger partial charge in [-0.05, 0) is 18.9 Å². The summed E-state index contributed by atoms with van der Waals surface area (Å²) in [6.45, 7) is 9.93. The minimum Gasteiger partial charge on any atom is -0.321 e. The monoisotopic (exact) mass is 243 g/mol. The van der Waals surface area contributed by atoms with Crippen LogP contribution in [0, 0.1) is 0 Å². The molecule has 1 saturated heterocycles. The van der Waals surface area contributed by atoms with Crippen molar-refractivity contribution in [2.24, 2.45) is 0 Å². The first-order chi connectivity index (χ1) is 7.16. The van der Waals surface area contributed by atoms with Crippen molar-refractivity contribution in [1.29, 1.82) is 0 Å². The van der Waals surface area contributed by atoms with Gasteiger partial charge in [0, 0.05) is 21.6 Å². The zero-order chi connectivity index (χ0) is 11.3. The molecular formula is C12H29NSi2. The maximum atomic E-state index is 2.92. The van der Waals surface area contributed by atoms with Gasteiger partial charge in [0.25, 0.3) is 0 Å². The van der Waals surface area contributed by atoms with Crippen molar-refractivity contribution < 1.29 is 0 Å². The lowest BCUT2D eigenvalue weighted by Gasteiger charge is -2.43. The van der Waals surface area contributed by atoms with Crippen LogP contribution in [0.1, 0.15) is 39.5 Å². The Morgan fingerprint density at radius 2 is 1.87 bits per heavy atom. The van der Waals surface area contributed by atoms with Gasteiger partial charge in [-0.25, -0.2) is 0 Å². The van der Waals surface area contributed by atoms with Crippen LogP contribution in [-0.4, -0.2) is 35.1 Å². The van der Waals surface area contributed by atoms with E-state index in [1.54, 1.807) is 12.1 Å². The van der Waals surface area contributed by atoms with E-state index in [9.17, 15) is 0 Å². The van der Waals surface area contributed by atoms with E-state index in [1.165, 1.54) is 25.7 Å². The van der Waals surface area contributed by atoms with E-state index in [4.69, 9.17) is 0 Å². The fraction of sp³-hybridized carbons (Fsp3) is 1.00. The standard InChI is InChI=1S/C12H29NSi2/c1-11-7-5-8-12(2)13(11)15(4)10-6-9-14-3/h11-12,15H,5-10,14H2,1-4H3. The van der Waals surface area contributed by atoms with Gasteiger partial charge in [0.2, 0.25) is 0 Å². The SMILES string of the molecule is C[SiH2]CCC[SiH](C)N1C(C)CCCC1C. The van der Waals surface area contributed by atoms with Crippen LogP contribution in [0.5, 0.6) is 0 Å². The molecule has 0 bridgehead atoms. The van der Waals surface area contributed by atoms with E-state index >= 15 is 0 Å². The summed E-state index contributed by atoms with van der Waals surface area (Å²) in [6.07, 6.45) is 5.89. The molecule has 1 aliphatic heterocycles. The number of rotatable bonds is 5. The molecule has 0 radical (unpaired) electrons. The molecular weight excluding hydrogens is 214 g/mol. The van der Waals surface area contributed by atoms with Gasteiger partial charge in [0.05, 0.1) is 0 Å². The van der Waals surface area contributed by atoms with Gasteiger partial charge in [0.1, 0.15) is 8.96 Å². The Morgan fingerprint density at radius 3 is 2.40 bits per heavy atom. The third kappa shape index (κ3) is 4.04. The van der Waals surface area contributed by atoms with Crippen molar-refractivity contribution in [3.8, 4) is 0 Å². The normalized spacial score (nSPS) is 31.2. The molecule has 0 saturated carbocycles. The summed E-state index contributed by atoms with van der Waals surface area (Å²) in [5.41, 5.74) is 0. The van der Waals surface area contributed by atoms with Gasteiger partial charge in [-0.3, -0.25) is 0 Å². The Bertz CT molecular complexity index is 165. The molecule has 1 nitrogen and oxygen atoms in total. The average Bonchev–Trinajstić information content (AvgIpc) is 2.18. The Morgan fingerprint density at radius 1 is 1.27 bits per heavy atom. The molecule has 1 heterocycles. The van der Waals surface area contributed by atoms with E-state index in [0.29, 0.717) is 9.52 Å². The van der Waals surface area contributed by atoms with Crippen LogP contribution < -0.4 is 0 Å². The minimum absolute atomic E-state index is 0.320. The van der Waals surface area contributed by atoms with Crippen LogP contribution in [0.3, 0.4) is 0 Å². The van der Waals surface area contributed by atoms with Crippen molar-refractivity contribution >= 4 is 18.5 Å². The molecule has 0 spiro atoms. The summed E-state index contributed by atoms with van der Waals surface area (Å²) < 4.78 is 2.92. The van der Waals surface area contributed by atoms with Crippen molar-refractivity contribution in [1.82, 2.24) is 4.57 Å². The fourth-order valence-corrected chi connectivity index (χ4v) is 7.73. The Balaban J connectivity index is 2.37. The highest BCUT2D eigenvalue weighted by molar-refractivity contribution is 6.54. The number of hydrogen-bond acceptors (Lipinski definition) is 1. The Labute approximate surface area is 100 Å². The van der Waals surface area contributed by atoms with E-state index in [-0.39, 0.29) is 0 Å². The molecule has 0 aromatic carbocycles. The quantitative estimate of drug-likeness (QED) is 0.530. The van der Waals surface area contributed by atoms with Crippen LogP contribution >= 0.6 is 0 Å². The molecule has 0 aromatic rings. The molecule has 0 aromatic heterocycles. The third-order valence-electron chi connectivity index (χ3n) is 4.00. The van der Waals surface area contributed by atoms with E-state index < -0.39 is 8.96 Å².